The first kappa shape index (κ1) is 12.2. The van der Waals surface area contributed by atoms with Gasteiger partial charge in [0.15, 0.2) is 0 Å². The van der Waals surface area contributed by atoms with Crippen molar-refractivity contribution in [2.45, 2.75) is 13.3 Å². The minimum atomic E-state index is -0.319. The number of halogens is 1. The summed E-state index contributed by atoms with van der Waals surface area (Å²) in [7, 11) is 0. The van der Waals surface area contributed by atoms with Crippen LogP contribution in [0.4, 0.5) is 0 Å². The molecule has 0 aromatic heterocycles. The number of hydrogen-bond donors (Lipinski definition) is 0. The predicted molar refractivity (Wildman–Crippen MR) is 68.6 cm³/mol. The van der Waals surface area contributed by atoms with E-state index in [2.05, 4.69) is 29.2 Å². The molecule has 0 amide bonds. The molecule has 1 aromatic carbocycles. The number of rotatable bonds is 4. The minimum absolute atomic E-state index is 0.319. The molecule has 0 unspecified atom stereocenters. The van der Waals surface area contributed by atoms with Gasteiger partial charge in [0, 0.05) is 15.6 Å². The van der Waals surface area contributed by atoms with Gasteiger partial charge in [-0.25, -0.2) is 4.79 Å². The van der Waals surface area contributed by atoms with Crippen molar-refractivity contribution in [3.05, 3.63) is 45.6 Å². The van der Waals surface area contributed by atoms with Crippen LogP contribution in [0.2, 0.25) is 0 Å². The lowest BCUT2D eigenvalue weighted by molar-refractivity contribution is -0.138. The van der Waals surface area contributed by atoms with Crippen molar-refractivity contribution in [2.24, 2.45) is 0 Å². The van der Waals surface area contributed by atoms with E-state index >= 15 is 0 Å². The fraction of sp³-hybridized carbons (Fsp3) is 0.250. The Hall–Kier alpha value is -0.840. The maximum Gasteiger partial charge on any atom is 0.333 e. The lowest BCUT2D eigenvalue weighted by Crippen LogP contribution is -2.08. The summed E-state index contributed by atoms with van der Waals surface area (Å²) in [4.78, 5) is 11.1. The van der Waals surface area contributed by atoms with Crippen LogP contribution in [0, 0.1) is 3.57 Å². The molecule has 3 heteroatoms. The van der Waals surface area contributed by atoms with Gasteiger partial charge in [-0.05, 0) is 41.1 Å². The molecule has 0 saturated carbocycles. The summed E-state index contributed by atoms with van der Waals surface area (Å²) in [5, 5.41) is 0. The fourth-order valence-electron chi connectivity index (χ4n) is 1.08. The van der Waals surface area contributed by atoms with E-state index in [4.69, 9.17) is 4.74 Å². The zero-order valence-electron chi connectivity index (χ0n) is 8.63. The molecule has 0 aliphatic carbocycles. The third kappa shape index (κ3) is 4.03. The second-order valence-electron chi connectivity index (χ2n) is 3.26. The van der Waals surface area contributed by atoms with Gasteiger partial charge in [-0.15, -0.1) is 0 Å². The van der Waals surface area contributed by atoms with Crippen molar-refractivity contribution >= 4 is 28.6 Å². The second-order valence-corrected chi connectivity index (χ2v) is 4.42. The van der Waals surface area contributed by atoms with Crippen LogP contribution in [0.1, 0.15) is 12.5 Å². The average molecular weight is 316 g/mol. The highest BCUT2D eigenvalue weighted by atomic mass is 127. The molecule has 0 heterocycles. The van der Waals surface area contributed by atoms with Gasteiger partial charge >= 0.3 is 5.97 Å². The summed E-state index contributed by atoms with van der Waals surface area (Å²) < 4.78 is 6.22. The van der Waals surface area contributed by atoms with Crippen LogP contribution in [-0.2, 0) is 16.0 Å². The van der Waals surface area contributed by atoms with Gasteiger partial charge in [-0.3, -0.25) is 0 Å². The normalized spacial score (nSPS) is 9.73. The molecule has 1 rings (SSSR count). The minimum Gasteiger partial charge on any atom is -0.462 e. The third-order valence-electron chi connectivity index (χ3n) is 1.91. The second kappa shape index (κ2) is 5.90. The number of hydrogen-bond acceptors (Lipinski definition) is 2. The molecular weight excluding hydrogens is 303 g/mol. The van der Waals surface area contributed by atoms with Gasteiger partial charge in [0.2, 0.25) is 0 Å². The molecule has 0 N–H and O–H groups in total. The number of benzene rings is 1. The van der Waals surface area contributed by atoms with E-state index in [0.717, 1.165) is 6.42 Å². The molecule has 0 atom stereocenters. The molecule has 0 aliphatic heterocycles. The monoisotopic (exact) mass is 316 g/mol. The Kier molecular flexibility index (Phi) is 4.81. The molecule has 80 valence electrons. The maximum absolute atomic E-state index is 11.1. The van der Waals surface area contributed by atoms with E-state index in [1.54, 1.807) is 6.92 Å². The van der Waals surface area contributed by atoms with E-state index in [9.17, 15) is 4.79 Å². The lowest BCUT2D eigenvalue weighted by atomic mass is 10.2. The highest BCUT2D eigenvalue weighted by Crippen LogP contribution is 2.12. The molecule has 0 fully saturated rings. The Balaban J connectivity index is 2.42. The maximum atomic E-state index is 11.1. The molecule has 2 nitrogen and oxygen atoms in total. The van der Waals surface area contributed by atoms with Crippen molar-refractivity contribution in [3.63, 3.8) is 0 Å². The Morgan fingerprint density at radius 1 is 1.47 bits per heavy atom. The van der Waals surface area contributed by atoms with Gasteiger partial charge in [-0.1, -0.05) is 24.8 Å². The molecule has 0 saturated heterocycles. The molecule has 0 spiro atoms. The van der Waals surface area contributed by atoms with E-state index < -0.39 is 0 Å². The van der Waals surface area contributed by atoms with Crippen LogP contribution < -0.4 is 0 Å². The number of ether oxygens (including phenoxy) is 1. The van der Waals surface area contributed by atoms with Crippen molar-refractivity contribution < 1.29 is 9.53 Å². The Morgan fingerprint density at radius 2 is 2.13 bits per heavy atom. The standard InChI is InChI=1S/C12H13IO2/c1-9(2)12(14)15-8-7-10-5-3-4-6-11(10)13/h3-6H,1,7-8H2,2H3. The van der Waals surface area contributed by atoms with Crippen LogP contribution in [-0.4, -0.2) is 12.6 Å². The quantitative estimate of drug-likeness (QED) is 0.485. The number of carbonyl (C=O) groups excluding carboxylic acids is 1. The summed E-state index contributed by atoms with van der Waals surface area (Å²) in [5.74, 6) is -0.319. The molecule has 0 aliphatic rings. The van der Waals surface area contributed by atoms with Gasteiger partial charge < -0.3 is 4.74 Å². The Labute approximate surface area is 103 Å². The Morgan fingerprint density at radius 3 is 2.73 bits per heavy atom. The molecule has 0 bridgehead atoms. The summed E-state index contributed by atoms with van der Waals surface area (Å²) in [6.45, 7) is 5.58. The van der Waals surface area contributed by atoms with Crippen molar-refractivity contribution in [1.82, 2.24) is 0 Å². The molecule has 0 radical (unpaired) electrons. The largest absolute Gasteiger partial charge is 0.462 e. The number of carbonyl (C=O) groups is 1. The van der Waals surface area contributed by atoms with Crippen molar-refractivity contribution in [2.75, 3.05) is 6.61 Å². The zero-order chi connectivity index (χ0) is 11.3. The van der Waals surface area contributed by atoms with Crippen molar-refractivity contribution in [1.29, 1.82) is 0 Å². The first-order valence-electron chi connectivity index (χ1n) is 4.67. The molecular formula is C12H13IO2. The summed E-state index contributed by atoms with van der Waals surface area (Å²) in [6.07, 6.45) is 0.748. The van der Waals surface area contributed by atoms with Crippen LogP contribution in [0.25, 0.3) is 0 Å². The van der Waals surface area contributed by atoms with E-state index in [0.29, 0.717) is 12.2 Å². The molecule has 1 aromatic rings. The fourth-order valence-corrected chi connectivity index (χ4v) is 1.74. The van der Waals surface area contributed by atoms with E-state index in [-0.39, 0.29) is 5.97 Å². The highest BCUT2D eigenvalue weighted by Gasteiger charge is 2.03. The van der Waals surface area contributed by atoms with E-state index in [1.807, 2.05) is 24.3 Å². The summed E-state index contributed by atoms with van der Waals surface area (Å²) >= 11 is 2.27. The van der Waals surface area contributed by atoms with E-state index in [1.165, 1.54) is 9.13 Å². The predicted octanol–water partition coefficient (Wildman–Crippen LogP) is 2.95. The van der Waals surface area contributed by atoms with Gasteiger partial charge in [0.05, 0.1) is 6.61 Å². The lowest BCUT2D eigenvalue weighted by Gasteiger charge is -2.05. The van der Waals surface area contributed by atoms with Gasteiger partial charge in [0.1, 0.15) is 0 Å². The number of esters is 1. The van der Waals surface area contributed by atoms with Crippen molar-refractivity contribution in [3.8, 4) is 0 Å². The SMILES string of the molecule is C=C(C)C(=O)OCCc1ccccc1I. The third-order valence-corrected chi connectivity index (χ3v) is 2.96. The van der Waals surface area contributed by atoms with Gasteiger partial charge in [-0.2, -0.15) is 0 Å². The van der Waals surface area contributed by atoms with Crippen LogP contribution in [0.3, 0.4) is 0 Å². The van der Waals surface area contributed by atoms with Crippen LogP contribution >= 0.6 is 22.6 Å². The Bertz CT molecular complexity index is 372. The van der Waals surface area contributed by atoms with Gasteiger partial charge in [0.25, 0.3) is 0 Å². The topological polar surface area (TPSA) is 26.3 Å². The zero-order valence-corrected chi connectivity index (χ0v) is 10.8. The van der Waals surface area contributed by atoms with Crippen LogP contribution in [0.15, 0.2) is 36.4 Å². The van der Waals surface area contributed by atoms with Crippen LogP contribution in [0.5, 0.6) is 0 Å². The average Bonchev–Trinajstić information content (AvgIpc) is 2.20. The smallest absolute Gasteiger partial charge is 0.333 e. The highest BCUT2D eigenvalue weighted by molar-refractivity contribution is 14.1. The first-order chi connectivity index (χ1) is 7.11. The summed E-state index contributed by atoms with van der Waals surface area (Å²) in [5.41, 5.74) is 1.64. The first-order valence-corrected chi connectivity index (χ1v) is 5.75. The molecule has 15 heavy (non-hydrogen) atoms. The summed E-state index contributed by atoms with van der Waals surface area (Å²) in [6, 6.07) is 8.05.